The van der Waals surface area contributed by atoms with Crippen molar-refractivity contribution in [2.24, 2.45) is 0 Å². The number of nitrogens with one attached hydrogen (secondary N) is 2. The molecule has 2 aliphatic heterocycles. The van der Waals surface area contributed by atoms with Crippen LogP contribution in [0.1, 0.15) is 37.5 Å². The minimum atomic E-state index is -0.133. The van der Waals surface area contributed by atoms with Crippen molar-refractivity contribution in [3.63, 3.8) is 0 Å². The molecule has 0 radical (unpaired) electrons. The van der Waals surface area contributed by atoms with Crippen LogP contribution in [0.3, 0.4) is 0 Å². The number of carbonyl (C=O) groups is 1. The molecule has 2 aliphatic rings. The van der Waals surface area contributed by atoms with E-state index in [1.165, 1.54) is 12.8 Å². The monoisotopic (exact) mass is 307 g/mol. The fourth-order valence-corrected chi connectivity index (χ4v) is 3.21. The maximum absolute atomic E-state index is 12.0. The molecule has 3 heterocycles. The number of likely N-dealkylation sites (tertiary alicyclic amines) is 1. The molecular formula is C16H25N3O3. The van der Waals surface area contributed by atoms with Gasteiger partial charge in [0.25, 0.3) is 0 Å². The summed E-state index contributed by atoms with van der Waals surface area (Å²) in [6.07, 6.45) is 6.40. The van der Waals surface area contributed by atoms with E-state index in [1.807, 2.05) is 12.1 Å². The van der Waals surface area contributed by atoms with Gasteiger partial charge in [0.1, 0.15) is 5.76 Å². The third kappa shape index (κ3) is 4.01. The van der Waals surface area contributed by atoms with Gasteiger partial charge in [-0.05, 0) is 50.9 Å². The highest BCUT2D eigenvalue weighted by Gasteiger charge is 2.26. The minimum Gasteiger partial charge on any atom is -0.468 e. The number of nitrogens with zero attached hydrogens (tertiary/aromatic N) is 1. The van der Waals surface area contributed by atoms with Crippen molar-refractivity contribution in [2.75, 3.05) is 32.8 Å². The molecule has 3 rings (SSSR count). The van der Waals surface area contributed by atoms with Gasteiger partial charge < -0.3 is 19.8 Å². The van der Waals surface area contributed by atoms with Crippen molar-refractivity contribution in [3.8, 4) is 0 Å². The molecule has 0 unspecified atom stereocenters. The van der Waals surface area contributed by atoms with Crippen LogP contribution in [0.15, 0.2) is 22.8 Å². The lowest BCUT2D eigenvalue weighted by Crippen LogP contribution is -2.43. The van der Waals surface area contributed by atoms with Gasteiger partial charge in [0.2, 0.25) is 0 Å². The van der Waals surface area contributed by atoms with Crippen molar-refractivity contribution in [2.45, 2.75) is 37.8 Å². The summed E-state index contributed by atoms with van der Waals surface area (Å²) in [5.41, 5.74) is 0. The molecule has 1 aromatic rings. The topological polar surface area (TPSA) is 66.7 Å². The Morgan fingerprint density at radius 3 is 2.86 bits per heavy atom. The Hall–Kier alpha value is -1.53. The Morgan fingerprint density at radius 2 is 2.18 bits per heavy atom. The van der Waals surface area contributed by atoms with Crippen LogP contribution in [0.5, 0.6) is 0 Å². The molecule has 6 heteroatoms. The average Bonchev–Trinajstić information content (AvgIpc) is 3.27. The zero-order chi connectivity index (χ0) is 15.2. The number of hydrogen-bond acceptors (Lipinski definition) is 4. The molecular weight excluding hydrogens is 282 g/mol. The maximum atomic E-state index is 12.0. The van der Waals surface area contributed by atoms with E-state index >= 15 is 0 Å². The van der Waals surface area contributed by atoms with E-state index in [1.54, 1.807) is 6.26 Å². The van der Waals surface area contributed by atoms with Crippen LogP contribution in [-0.4, -0.2) is 49.8 Å². The molecule has 22 heavy (non-hydrogen) atoms. The van der Waals surface area contributed by atoms with Crippen molar-refractivity contribution < 1.29 is 13.9 Å². The average molecular weight is 307 g/mol. The van der Waals surface area contributed by atoms with E-state index in [0.717, 1.165) is 38.3 Å². The molecule has 6 nitrogen and oxygen atoms in total. The summed E-state index contributed by atoms with van der Waals surface area (Å²) in [6.45, 7) is 4.07. The summed E-state index contributed by atoms with van der Waals surface area (Å²) in [7, 11) is 0. The Bertz CT molecular complexity index is 451. The SMILES string of the molecule is O=C(NC[C@@H]1CCCO1)NC[C@H](c1ccco1)N1CCCC1. The van der Waals surface area contributed by atoms with Gasteiger partial charge in [-0.25, -0.2) is 4.79 Å². The van der Waals surface area contributed by atoms with Gasteiger partial charge in [0.05, 0.1) is 18.4 Å². The predicted octanol–water partition coefficient (Wildman–Crippen LogP) is 1.89. The minimum absolute atomic E-state index is 0.117. The number of urea groups is 1. The molecule has 0 aliphatic carbocycles. The van der Waals surface area contributed by atoms with E-state index in [2.05, 4.69) is 15.5 Å². The first kappa shape index (κ1) is 15.4. The highest BCUT2D eigenvalue weighted by molar-refractivity contribution is 5.73. The summed E-state index contributed by atoms with van der Waals surface area (Å²) in [6, 6.07) is 3.86. The smallest absolute Gasteiger partial charge is 0.314 e. The van der Waals surface area contributed by atoms with Crippen LogP contribution in [0.25, 0.3) is 0 Å². The first-order chi connectivity index (χ1) is 10.8. The number of rotatable bonds is 6. The Labute approximate surface area is 131 Å². The van der Waals surface area contributed by atoms with Crippen molar-refractivity contribution >= 4 is 6.03 Å². The summed E-state index contributed by atoms with van der Waals surface area (Å²) >= 11 is 0. The quantitative estimate of drug-likeness (QED) is 0.842. The highest BCUT2D eigenvalue weighted by atomic mass is 16.5. The van der Waals surface area contributed by atoms with E-state index in [4.69, 9.17) is 9.15 Å². The number of carbonyl (C=O) groups excluding carboxylic acids is 1. The molecule has 2 atom stereocenters. The van der Waals surface area contributed by atoms with Crippen molar-refractivity contribution in [3.05, 3.63) is 24.2 Å². The third-order valence-electron chi connectivity index (χ3n) is 4.42. The maximum Gasteiger partial charge on any atom is 0.314 e. The molecule has 2 saturated heterocycles. The second kappa shape index (κ2) is 7.65. The van der Waals surface area contributed by atoms with E-state index < -0.39 is 0 Å². The zero-order valence-corrected chi connectivity index (χ0v) is 12.9. The number of amides is 2. The van der Waals surface area contributed by atoms with Crippen molar-refractivity contribution in [1.82, 2.24) is 15.5 Å². The first-order valence-electron chi connectivity index (χ1n) is 8.23. The van der Waals surface area contributed by atoms with Crippen LogP contribution < -0.4 is 10.6 Å². The summed E-state index contributed by atoms with van der Waals surface area (Å²) in [5, 5.41) is 5.86. The standard InChI is InChI=1S/C16H25N3O3/c20-16(17-11-13-5-3-9-21-13)18-12-14(15-6-4-10-22-15)19-7-1-2-8-19/h4,6,10,13-14H,1-3,5,7-9,11-12H2,(H2,17,18,20)/t13-,14+/m0/s1. The molecule has 2 fully saturated rings. The number of furan rings is 1. The van der Waals surface area contributed by atoms with Gasteiger partial charge in [-0.1, -0.05) is 0 Å². The van der Waals surface area contributed by atoms with Gasteiger partial charge in [0.15, 0.2) is 0 Å². The van der Waals surface area contributed by atoms with Gasteiger partial charge >= 0.3 is 6.03 Å². The Balaban J connectivity index is 1.47. The van der Waals surface area contributed by atoms with Gasteiger partial charge in [0, 0.05) is 19.7 Å². The second-order valence-corrected chi connectivity index (χ2v) is 6.00. The van der Waals surface area contributed by atoms with E-state index in [-0.39, 0.29) is 18.2 Å². The molecule has 0 bridgehead atoms. The Kier molecular flexibility index (Phi) is 5.34. The Morgan fingerprint density at radius 1 is 1.32 bits per heavy atom. The molecule has 0 saturated carbocycles. The normalized spacial score (nSPS) is 23.5. The number of hydrogen-bond donors (Lipinski definition) is 2. The van der Waals surface area contributed by atoms with Gasteiger partial charge in [-0.3, -0.25) is 4.90 Å². The largest absolute Gasteiger partial charge is 0.468 e. The van der Waals surface area contributed by atoms with E-state index in [0.29, 0.717) is 13.1 Å². The van der Waals surface area contributed by atoms with E-state index in [9.17, 15) is 4.79 Å². The molecule has 0 aromatic carbocycles. The van der Waals surface area contributed by atoms with Crippen LogP contribution in [0, 0.1) is 0 Å². The third-order valence-corrected chi connectivity index (χ3v) is 4.42. The van der Waals surface area contributed by atoms with Gasteiger partial charge in [-0.2, -0.15) is 0 Å². The van der Waals surface area contributed by atoms with Crippen LogP contribution in [0.4, 0.5) is 4.79 Å². The highest BCUT2D eigenvalue weighted by Crippen LogP contribution is 2.24. The fourth-order valence-electron chi connectivity index (χ4n) is 3.21. The lowest BCUT2D eigenvalue weighted by Gasteiger charge is -2.26. The molecule has 122 valence electrons. The lowest BCUT2D eigenvalue weighted by atomic mass is 10.2. The van der Waals surface area contributed by atoms with Crippen LogP contribution in [-0.2, 0) is 4.74 Å². The summed E-state index contributed by atoms with van der Waals surface area (Å²) in [5.74, 6) is 0.918. The van der Waals surface area contributed by atoms with Crippen molar-refractivity contribution in [1.29, 1.82) is 0 Å². The summed E-state index contributed by atoms with van der Waals surface area (Å²) in [4.78, 5) is 14.3. The van der Waals surface area contributed by atoms with Gasteiger partial charge in [-0.15, -0.1) is 0 Å². The predicted molar refractivity (Wildman–Crippen MR) is 82.6 cm³/mol. The molecule has 0 spiro atoms. The molecule has 2 amide bonds. The number of ether oxygens (including phenoxy) is 1. The molecule has 2 N–H and O–H groups in total. The fraction of sp³-hybridized carbons (Fsp3) is 0.688. The molecule has 1 aromatic heterocycles. The van der Waals surface area contributed by atoms with Crippen LogP contribution in [0.2, 0.25) is 0 Å². The zero-order valence-electron chi connectivity index (χ0n) is 12.9. The van der Waals surface area contributed by atoms with Crippen LogP contribution >= 0.6 is 0 Å². The first-order valence-corrected chi connectivity index (χ1v) is 8.23. The second-order valence-electron chi connectivity index (χ2n) is 6.00. The summed E-state index contributed by atoms with van der Waals surface area (Å²) < 4.78 is 11.1. The lowest BCUT2D eigenvalue weighted by molar-refractivity contribution is 0.111.